The number of nitrogens with zero attached hydrogens (tertiary/aromatic N) is 1. The minimum absolute atomic E-state index is 0.110. The van der Waals surface area contributed by atoms with Gasteiger partial charge in [0.15, 0.2) is 0 Å². The lowest BCUT2D eigenvalue weighted by molar-refractivity contribution is -0.136. The van der Waals surface area contributed by atoms with Gasteiger partial charge in [-0.05, 0) is 27.7 Å². The molecule has 0 aliphatic carbocycles. The van der Waals surface area contributed by atoms with Gasteiger partial charge in [0.05, 0.1) is 0 Å². The Kier molecular flexibility index (Phi) is 2.40. The van der Waals surface area contributed by atoms with Crippen molar-refractivity contribution in [1.29, 1.82) is 0 Å². The second-order valence-electron chi connectivity index (χ2n) is 4.09. The predicted molar refractivity (Wildman–Crippen MR) is 50.1 cm³/mol. The lowest BCUT2D eigenvalue weighted by Crippen LogP contribution is -2.14. The number of rotatable bonds is 2. The van der Waals surface area contributed by atoms with Crippen LogP contribution in [0.5, 0.6) is 0 Å². The van der Waals surface area contributed by atoms with Gasteiger partial charge in [-0.25, -0.2) is 4.31 Å². The van der Waals surface area contributed by atoms with E-state index in [1.165, 1.54) is 0 Å². The van der Waals surface area contributed by atoms with E-state index in [4.69, 9.17) is 5.11 Å². The first-order valence-corrected chi connectivity index (χ1v) is 4.80. The molecule has 1 rings (SSSR count). The lowest BCUT2D eigenvalue weighted by Gasteiger charge is -2.17. The van der Waals surface area contributed by atoms with Crippen LogP contribution in [0.3, 0.4) is 0 Å². The first kappa shape index (κ1) is 9.86. The third kappa shape index (κ3) is 2.14. The van der Waals surface area contributed by atoms with Gasteiger partial charge in [-0.15, -0.1) is 0 Å². The van der Waals surface area contributed by atoms with E-state index in [2.05, 4.69) is 20.8 Å². The smallest absolute Gasteiger partial charge is 0.323 e. The van der Waals surface area contributed by atoms with Crippen molar-refractivity contribution in [3.8, 4) is 0 Å². The molecule has 1 saturated heterocycles. The van der Waals surface area contributed by atoms with Crippen LogP contribution in [0.4, 0.5) is 0 Å². The number of aliphatic carboxylic acids is 1. The molecule has 0 bridgehead atoms. The second-order valence-corrected chi connectivity index (χ2v) is 5.92. The molecular formula is C8H15NO2S. The molecule has 12 heavy (non-hydrogen) atoms. The monoisotopic (exact) mass is 189 g/mol. The summed E-state index contributed by atoms with van der Waals surface area (Å²) in [6, 6.07) is -0.0825. The average molecular weight is 189 g/mol. The van der Waals surface area contributed by atoms with Crippen molar-refractivity contribution in [2.75, 3.05) is 0 Å². The molecule has 0 spiro atoms. The summed E-state index contributed by atoms with van der Waals surface area (Å²) >= 11 is 1.62. The van der Waals surface area contributed by atoms with Crippen molar-refractivity contribution in [2.24, 2.45) is 0 Å². The maximum atomic E-state index is 10.6. The van der Waals surface area contributed by atoms with Crippen molar-refractivity contribution in [1.82, 2.24) is 4.31 Å². The van der Waals surface area contributed by atoms with E-state index in [1.54, 1.807) is 11.9 Å². The van der Waals surface area contributed by atoms with Gasteiger partial charge in [0.1, 0.15) is 6.04 Å². The van der Waals surface area contributed by atoms with Crippen LogP contribution >= 0.6 is 11.9 Å². The average Bonchev–Trinajstić information content (AvgIpc) is 2.37. The predicted octanol–water partition coefficient (Wildman–Crippen LogP) is 1.59. The number of hydrogen-bond acceptors (Lipinski definition) is 3. The zero-order valence-electron chi connectivity index (χ0n) is 7.87. The van der Waals surface area contributed by atoms with E-state index >= 15 is 0 Å². The van der Waals surface area contributed by atoms with Crippen LogP contribution in [-0.4, -0.2) is 32.2 Å². The van der Waals surface area contributed by atoms with Crippen LogP contribution in [0.25, 0.3) is 0 Å². The molecule has 1 fully saturated rings. The first-order chi connectivity index (χ1) is 5.33. The van der Waals surface area contributed by atoms with Crippen LogP contribution in [0.2, 0.25) is 0 Å². The minimum Gasteiger partial charge on any atom is -0.480 e. The van der Waals surface area contributed by atoms with Gasteiger partial charge in [-0.3, -0.25) is 4.79 Å². The number of carboxylic acids is 1. The van der Waals surface area contributed by atoms with Crippen LogP contribution in [0, 0.1) is 0 Å². The fraction of sp³-hybridized carbons (Fsp3) is 0.875. The summed E-state index contributed by atoms with van der Waals surface area (Å²) in [5.41, 5.74) is 0. The molecule has 1 aliphatic rings. The Morgan fingerprint density at radius 2 is 2.00 bits per heavy atom. The Morgan fingerprint density at radius 3 is 2.25 bits per heavy atom. The zero-order valence-corrected chi connectivity index (χ0v) is 8.68. The van der Waals surface area contributed by atoms with Gasteiger partial charge in [-0.1, -0.05) is 11.9 Å². The molecular weight excluding hydrogens is 174 g/mol. The Hall–Kier alpha value is -0.220. The summed E-state index contributed by atoms with van der Waals surface area (Å²) in [4.78, 5) is 10.6. The maximum Gasteiger partial charge on any atom is 0.323 e. The number of carboxylic acid groups (broad SMARTS) is 1. The van der Waals surface area contributed by atoms with Crippen molar-refractivity contribution in [3.63, 3.8) is 0 Å². The third-order valence-corrected chi connectivity index (χ3v) is 2.99. The van der Waals surface area contributed by atoms with Gasteiger partial charge in [0.25, 0.3) is 0 Å². The van der Waals surface area contributed by atoms with Crippen LogP contribution < -0.4 is 0 Å². The van der Waals surface area contributed by atoms with Gasteiger partial charge in [0.2, 0.25) is 0 Å². The van der Waals surface area contributed by atoms with E-state index < -0.39 is 5.97 Å². The second kappa shape index (κ2) is 2.92. The molecule has 1 N–H and O–H groups in total. The van der Waals surface area contributed by atoms with E-state index in [1.807, 2.05) is 11.2 Å². The van der Waals surface area contributed by atoms with Crippen LogP contribution in [0.15, 0.2) is 0 Å². The fourth-order valence-corrected chi connectivity index (χ4v) is 2.33. The maximum absolute atomic E-state index is 10.6. The van der Waals surface area contributed by atoms with E-state index in [0.717, 1.165) is 0 Å². The third-order valence-electron chi connectivity index (χ3n) is 1.68. The molecule has 1 heterocycles. The molecule has 0 aromatic heterocycles. The molecule has 0 aromatic carbocycles. The molecule has 4 heteroatoms. The molecule has 0 radical (unpaired) electrons. The largest absolute Gasteiger partial charge is 0.480 e. The molecule has 3 atom stereocenters. The van der Waals surface area contributed by atoms with Crippen molar-refractivity contribution >= 4 is 17.9 Å². The molecule has 1 aliphatic heterocycles. The van der Waals surface area contributed by atoms with Crippen molar-refractivity contribution in [2.45, 2.75) is 44.5 Å². The summed E-state index contributed by atoms with van der Waals surface area (Å²) in [6.45, 7) is 8.20. The summed E-state index contributed by atoms with van der Waals surface area (Å²) in [5.74, 6) is -0.709. The molecule has 3 unspecified atom stereocenters. The topological polar surface area (TPSA) is 40.3 Å². The van der Waals surface area contributed by atoms with Gasteiger partial charge in [0, 0.05) is 10.8 Å². The van der Waals surface area contributed by atoms with Crippen molar-refractivity contribution < 1.29 is 9.90 Å². The highest BCUT2D eigenvalue weighted by Crippen LogP contribution is 2.42. The zero-order chi connectivity index (χ0) is 9.52. The van der Waals surface area contributed by atoms with Gasteiger partial charge < -0.3 is 5.11 Å². The minimum atomic E-state index is -0.709. The molecule has 0 amide bonds. The molecule has 70 valence electrons. The lowest BCUT2D eigenvalue weighted by atomic mass is 10.3. The summed E-state index contributed by atoms with van der Waals surface area (Å²) < 4.78 is 2.04. The Labute approximate surface area is 77.3 Å². The van der Waals surface area contributed by atoms with Gasteiger partial charge in [-0.2, -0.15) is 0 Å². The highest BCUT2D eigenvalue weighted by atomic mass is 32.2. The molecule has 0 saturated carbocycles. The molecule has 0 aromatic rings. The fourth-order valence-electron chi connectivity index (χ4n) is 1.09. The Balaban J connectivity index is 2.44. The van der Waals surface area contributed by atoms with Gasteiger partial charge >= 0.3 is 5.97 Å². The Morgan fingerprint density at radius 1 is 1.50 bits per heavy atom. The highest BCUT2D eigenvalue weighted by molar-refractivity contribution is 7.98. The summed E-state index contributed by atoms with van der Waals surface area (Å²) in [7, 11) is 0. The quantitative estimate of drug-likeness (QED) is 0.529. The van der Waals surface area contributed by atoms with Crippen LogP contribution in [-0.2, 0) is 4.79 Å². The molecule has 3 nitrogen and oxygen atoms in total. The first-order valence-electron chi connectivity index (χ1n) is 4.03. The number of hydrogen-bond donors (Lipinski definition) is 1. The van der Waals surface area contributed by atoms with Crippen LogP contribution in [0.1, 0.15) is 27.7 Å². The van der Waals surface area contributed by atoms with E-state index in [-0.39, 0.29) is 16.8 Å². The SMILES string of the molecule is CC1C(C(=O)O)N1SC(C)(C)C. The summed E-state index contributed by atoms with van der Waals surface area (Å²) in [6.07, 6.45) is 0. The summed E-state index contributed by atoms with van der Waals surface area (Å²) in [5, 5.41) is 8.74. The van der Waals surface area contributed by atoms with E-state index in [0.29, 0.717) is 0 Å². The standard InChI is InChI=1S/C8H15NO2S/c1-5-6(7(10)11)9(5)12-8(2,3)4/h5-6H,1-4H3,(H,10,11). The highest BCUT2D eigenvalue weighted by Gasteiger charge is 2.51. The van der Waals surface area contributed by atoms with E-state index in [9.17, 15) is 4.79 Å². The number of carbonyl (C=O) groups is 1. The van der Waals surface area contributed by atoms with Crippen molar-refractivity contribution in [3.05, 3.63) is 0 Å². The normalized spacial score (nSPS) is 34.8. The Bertz CT molecular complexity index is 200.